The summed E-state index contributed by atoms with van der Waals surface area (Å²) >= 11 is 5.77. The molecule has 0 saturated carbocycles. The van der Waals surface area contributed by atoms with Crippen LogP contribution in [0.25, 0.3) is 0 Å². The maximum atomic E-state index is 14.0. The lowest BCUT2D eigenvalue weighted by Gasteiger charge is -2.19. The van der Waals surface area contributed by atoms with Gasteiger partial charge < -0.3 is 5.32 Å². The summed E-state index contributed by atoms with van der Waals surface area (Å²) < 4.78 is 14.0. The van der Waals surface area contributed by atoms with Crippen LogP contribution in [0.15, 0.2) is 36.5 Å². The predicted octanol–water partition coefficient (Wildman–Crippen LogP) is 3.49. The molecule has 1 unspecified atom stereocenters. The first-order valence-corrected chi connectivity index (χ1v) is 6.05. The van der Waals surface area contributed by atoms with Gasteiger partial charge in [0.15, 0.2) is 0 Å². The topological polar surface area (TPSA) is 24.9 Å². The molecule has 0 saturated heterocycles. The van der Waals surface area contributed by atoms with Gasteiger partial charge in [0.05, 0.1) is 6.04 Å². The van der Waals surface area contributed by atoms with Crippen LogP contribution in [-0.4, -0.2) is 12.0 Å². The molecule has 1 aromatic carbocycles. The normalized spacial score (nSPS) is 12.4. The summed E-state index contributed by atoms with van der Waals surface area (Å²) in [5, 5.41) is 3.51. The minimum absolute atomic E-state index is 0.226. The van der Waals surface area contributed by atoms with E-state index in [0.29, 0.717) is 10.6 Å². The van der Waals surface area contributed by atoms with Gasteiger partial charge in [-0.3, -0.25) is 4.98 Å². The molecule has 2 nitrogen and oxygen atoms in total. The Hall–Kier alpha value is -1.45. The zero-order chi connectivity index (χ0) is 13.1. The van der Waals surface area contributed by atoms with E-state index in [4.69, 9.17) is 11.6 Å². The second kappa shape index (κ2) is 5.46. The van der Waals surface area contributed by atoms with Crippen LogP contribution < -0.4 is 5.32 Å². The van der Waals surface area contributed by atoms with Crippen LogP contribution in [0.2, 0.25) is 5.02 Å². The van der Waals surface area contributed by atoms with Crippen molar-refractivity contribution < 1.29 is 4.39 Å². The van der Waals surface area contributed by atoms with Crippen LogP contribution >= 0.6 is 11.6 Å². The maximum Gasteiger partial charge on any atom is 0.129 e. The average molecular weight is 265 g/mol. The van der Waals surface area contributed by atoms with Crippen molar-refractivity contribution in [1.29, 1.82) is 0 Å². The molecule has 94 valence electrons. The summed E-state index contributed by atoms with van der Waals surface area (Å²) in [4.78, 5) is 4.23. The van der Waals surface area contributed by atoms with Crippen molar-refractivity contribution in [2.24, 2.45) is 0 Å². The fraction of sp³-hybridized carbons (Fsp3) is 0.214. The number of benzene rings is 1. The van der Waals surface area contributed by atoms with Gasteiger partial charge in [-0.25, -0.2) is 4.39 Å². The minimum atomic E-state index is -0.315. The van der Waals surface area contributed by atoms with Gasteiger partial charge >= 0.3 is 0 Å². The van der Waals surface area contributed by atoms with Crippen LogP contribution in [0.3, 0.4) is 0 Å². The van der Waals surface area contributed by atoms with Gasteiger partial charge in [0.1, 0.15) is 5.82 Å². The number of rotatable bonds is 3. The number of aromatic nitrogens is 1. The minimum Gasteiger partial charge on any atom is -0.309 e. The molecule has 4 heteroatoms. The lowest BCUT2D eigenvalue weighted by atomic mass is 9.97. The van der Waals surface area contributed by atoms with Gasteiger partial charge in [-0.1, -0.05) is 23.7 Å². The molecular formula is C14H14ClFN2. The van der Waals surface area contributed by atoms with Crippen LogP contribution in [-0.2, 0) is 0 Å². The summed E-state index contributed by atoms with van der Waals surface area (Å²) in [6, 6.07) is 8.28. The van der Waals surface area contributed by atoms with E-state index in [1.54, 1.807) is 25.4 Å². The molecule has 0 bridgehead atoms. The smallest absolute Gasteiger partial charge is 0.129 e. The van der Waals surface area contributed by atoms with Crippen LogP contribution in [0.4, 0.5) is 4.39 Å². The largest absolute Gasteiger partial charge is 0.309 e. The molecule has 1 atom stereocenters. The summed E-state index contributed by atoms with van der Waals surface area (Å²) in [5.74, 6) is -0.315. The second-order valence-corrected chi connectivity index (χ2v) is 4.50. The third-order valence-electron chi connectivity index (χ3n) is 2.92. The molecule has 2 aromatic rings. The molecule has 18 heavy (non-hydrogen) atoms. The van der Waals surface area contributed by atoms with Crippen LogP contribution in [0, 0.1) is 12.7 Å². The van der Waals surface area contributed by atoms with E-state index < -0.39 is 0 Å². The highest BCUT2D eigenvalue weighted by Gasteiger charge is 2.18. The Labute approximate surface area is 111 Å². The van der Waals surface area contributed by atoms with Crippen LogP contribution in [0.1, 0.15) is 22.9 Å². The van der Waals surface area contributed by atoms with E-state index in [1.807, 2.05) is 19.1 Å². The van der Waals surface area contributed by atoms with Gasteiger partial charge in [0.2, 0.25) is 0 Å². The Morgan fingerprint density at radius 3 is 2.67 bits per heavy atom. The van der Waals surface area contributed by atoms with Crippen molar-refractivity contribution in [2.75, 3.05) is 7.05 Å². The van der Waals surface area contributed by atoms with E-state index >= 15 is 0 Å². The zero-order valence-electron chi connectivity index (χ0n) is 10.2. The highest BCUT2D eigenvalue weighted by molar-refractivity contribution is 6.30. The lowest BCUT2D eigenvalue weighted by molar-refractivity contribution is 0.574. The first-order valence-electron chi connectivity index (χ1n) is 5.67. The number of pyridine rings is 1. The first-order chi connectivity index (χ1) is 8.63. The number of nitrogens with one attached hydrogen (secondary N) is 1. The van der Waals surface area contributed by atoms with E-state index in [1.165, 1.54) is 6.07 Å². The van der Waals surface area contributed by atoms with Crippen molar-refractivity contribution in [1.82, 2.24) is 10.3 Å². The Bertz CT molecular complexity index is 557. The number of hydrogen-bond acceptors (Lipinski definition) is 2. The first kappa shape index (κ1) is 13.0. The zero-order valence-corrected chi connectivity index (χ0v) is 11.0. The van der Waals surface area contributed by atoms with E-state index in [9.17, 15) is 4.39 Å². The molecule has 0 amide bonds. The molecule has 2 rings (SSSR count). The molecule has 0 radical (unpaired) electrons. The van der Waals surface area contributed by atoms with Gasteiger partial charge in [-0.2, -0.15) is 0 Å². The predicted molar refractivity (Wildman–Crippen MR) is 71.3 cm³/mol. The Balaban J connectivity index is 2.49. The molecule has 1 heterocycles. The monoisotopic (exact) mass is 264 g/mol. The third-order valence-corrected chi connectivity index (χ3v) is 3.16. The molecule has 1 N–H and O–H groups in total. The van der Waals surface area contributed by atoms with Crippen molar-refractivity contribution in [2.45, 2.75) is 13.0 Å². The molecular weight excluding hydrogens is 251 g/mol. The van der Waals surface area contributed by atoms with E-state index in [0.717, 1.165) is 11.3 Å². The number of hydrogen-bond donors (Lipinski definition) is 1. The highest BCUT2D eigenvalue weighted by atomic mass is 35.5. The highest BCUT2D eigenvalue weighted by Crippen LogP contribution is 2.27. The summed E-state index contributed by atoms with van der Waals surface area (Å²) in [6.45, 7) is 1.91. The molecule has 0 aliphatic carbocycles. The molecule has 0 aliphatic heterocycles. The Morgan fingerprint density at radius 1 is 1.28 bits per heavy atom. The third kappa shape index (κ3) is 2.52. The molecule has 0 fully saturated rings. The molecule has 0 aliphatic rings. The van der Waals surface area contributed by atoms with Gasteiger partial charge in [0, 0.05) is 22.5 Å². The number of nitrogens with zero attached hydrogens (tertiary/aromatic N) is 1. The molecule has 0 spiro atoms. The van der Waals surface area contributed by atoms with Gasteiger partial charge in [0.25, 0.3) is 0 Å². The SMILES string of the molecule is CNC(c1ccc(Cl)cc1F)c1cccnc1C. The molecule has 1 aromatic heterocycles. The van der Waals surface area contributed by atoms with Gasteiger partial charge in [-0.05, 0) is 37.7 Å². The maximum absolute atomic E-state index is 14.0. The van der Waals surface area contributed by atoms with E-state index in [-0.39, 0.29) is 11.9 Å². The van der Waals surface area contributed by atoms with Crippen LogP contribution in [0.5, 0.6) is 0 Å². The Morgan fingerprint density at radius 2 is 2.06 bits per heavy atom. The number of aryl methyl sites for hydroxylation is 1. The van der Waals surface area contributed by atoms with Crippen molar-refractivity contribution in [3.8, 4) is 0 Å². The van der Waals surface area contributed by atoms with Gasteiger partial charge in [-0.15, -0.1) is 0 Å². The van der Waals surface area contributed by atoms with E-state index in [2.05, 4.69) is 10.3 Å². The summed E-state index contributed by atoms with van der Waals surface area (Å²) in [7, 11) is 1.80. The second-order valence-electron chi connectivity index (χ2n) is 4.07. The van der Waals surface area contributed by atoms with Crippen molar-refractivity contribution in [3.05, 3.63) is 64.2 Å². The fourth-order valence-electron chi connectivity index (χ4n) is 2.02. The fourth-order valence-corrected chi connectivity index (χ4v) is 2.17. The quantitative estimate of drug-likeness (QED) is 0.918. The Kier molecular flexibility index (Phi) is 3.94. The lowest BCUT2D eigenvalue weighted by Crippen LogP contribution is -2.20. The average Bonchev–Trinajstić information content (AvgIpc) is 2.34. The summed E-state index contributed by atoms with van der Waals surface area (Å²) in [6.07, 6.45) is 1.73. The van der Waals surface area contributed by atoms with Crippen molar-refractivity contribution in [3.63, 3.8) is 0 Å². The standard InChI is InChI=1S/C14H14ClFN2/c1-9-11(4-3-7-18-9)14(17-2)12-6-5-10(15)8-13(12)16/h3-8,14,17H,1-2H3. The number of halogens is 2. The van der Waals surface area contributed by atoms with Crippen molar-refractivity contribution >= 4 is 11.6 Å². The summed E-state index contributed by atoms with van der Waals surface area (Å²) in [5.41, 5.74) is 2.41.